The lowest BCUT2D eigenvalue weighted by atomic mass is 10.0. The molecule has 1 aromatic rings. The lowest BCUT2D eigenvalue weighted by molar-refractivity contribution is -0.385. The number of nitrogens with one attached hydrogen (secondary N) is 1. The first-order valence-electron chi connectivity index (χ1n) is 4.78. The molecule has 0 spiro atoms. The number of aromatic amines is 1. The number of rotatable bonds is 5. The van der Waals surface area contributed by atoms with Crippen LogP contribution in [0.4, 0.5) is 5.69 Å². The van der Waals surface area contributed by atoms with E-state index in [-0.39, 0.29) is 0 Å². The number of pyridine rings is 1. The van der Waals surface area contributed by atoms with E-state index in [9.17, 15) is 29.9 Å². The van der Waals surface area contributed by atoms with E-state index < -0.39 is 46.3 Å². The zero-order chi connectivity index (χ0) is 13.9. The number of H-pyrrole nitrogens is 1. The molecule has 4 N–H and O–H groups in total. The summed E-state index contributed by atoms with van der Waals surface area (Å²) in [6, 6.07) is 0.786. The molecule has 0 radical (unpaired) electrons. The van der Waals surface area contributed by atoms with Crippen molar-refractivity contribution in [2.24, 2.45) is 0 Å². The standard InChI is InChI=1S/C9H10N2O7/c12-6(2-7(13)14)8(15)5-1-4(11(17)18)3-10-9(5)16/h1,3,6,8,12,15H,2H2,(H,10,16)(H,13,14). The van der Waals surface area contributed by atoms with Crippen LogP contribution >= 0.6 is 0 Å². The molecule has 2 atom stereocenters. The molecule has 0 aliphatic heterocycles. The van der Waals surface area contributed by atoms with Gasteiger partial charge in [-0.1, -0.05) is 0 Å². The fourth-order valence-corrected chi connectivity index (χ4v) is 1.31. The van der Waals surface area contributed by atoms with Gasteiger partial charge in [0, 0.05) is 6.07 Å². The van der Waals surface area contributed by atoms with Gasteiger partial charge in [0.05, 0.1) is 29.2 Å². The van der Waals surface area contributed by atoms with E-state index in [1.54, 1.807) is 0 Å². The molecular weight excluding hydrogens is 248 g/mol. The number of carboxylic acid groups (broad SMARTS) is 1. The summed E-state index contributed by atoms with van der Waals surface area (Å²) < 4.78 is 0. The van der Waals surface area contributed by atoms with Crippen molar-refractivity contribution in [3.05, 3.63) is 38.3 Å². The third kappa shape index (κ3) is 3.12. The van der Waals surface area contributed by atoms with Crippen LogP contribution in [0.15, 0.2) is 17.1 Å². The second-order valence-corrected chi connectivity index (χ2v) is 3.51. The third-order valence-electron chi connectivity index (χ3n) is 2.19. The number of hydrogen-bond acceptors (Lipinski definition) is 6. The Morgan fingerprint density at radius 1 is 1.50 bits per heavy atom. The molecule has 0 bridgehead atoms. The minimum Gasteiger partial charge on any atom is -0.481 e. The molecule has 0 fully saturated rings. The Kier molecular flexibility index (Phi) is 4.13. The van der Waals surface area contributed by atoms with Gasteiger partial charge < -0.3 is 20.3 Å². The molecule has 0 saturated carbocycles. The highest BCUT2D eigenvalue weighted by atomic mass is 16.6. The molecule has 0 aliphatic rings. The van der Waals surface area contributed by atoms with E-state index >= 15 is 0 Å². The molecule has 0 aliphatic carbocycles. The van der Waals surface area contributed by atoms with Crippen LogP contribution in [0.25, 0.3) is 0 Å². The summed E-state index contributed by atoms with van der Waals surface area (Å²) >= 11 is 0. The summed E-state index contributed by atoms with van der Waals surface area (Å²) in [4.78, 5) is 33.4. The largest absolute Gasteiger partial charge is 0.481 e. The first-order valence-corrected chi connectivity index (χ1v) is 4.78. The summed E-state index contributed by atoms with van der Waals surface area (Å²) in [6.07, 6.45) is -3.50. The van der Waals surface area contributed by atoms with Gasteiger partial charge in [0.2, 0.25) is 0 Å². The first-order chi connectivity index (χ1) is 8.32. The van der Waals surface area contributed by atoms with Crippen molar-refractivity contribution in [3.8, 4) is 0 Å². The minimum absolute atomic E-state index is 0.460. The Bertz CT molecular complexity index is 524. The van der Waals surface area contributed by atoms with Crippen molar-refractivity contribution in [1.82, 2.24) is 4.98 Å². The highest BCUT2D eigenvalue weighted by Crippen LogP contribution is 2.19. The van der Waals surface area contributed by atoms with Crippen molar-refractivity contribution < 1.29 is 25.0 Å². The fraction of sp³-hybridized carbons (Fsp3) is 0.333. The maximum Gasteiger partial charge on any atom is 0.306 e. The molecule has 98 valence electrons. The molecule has 18 heavy (non-hydrogen) atoms. The quantitative estimate of drug-likeness (QED) is 0.396. The molecule has 1 heterocycles. The average Bonchev–Trinajstić information content (AvgIpc) is 2.27. The second kappa shape index (κ2) is 5.38. The molecule has 0 amide bonds. The molecule has 0 aromatic carbocycles. The SMILES string of the molecule is O=C(O)CC(O)C(O)c1cc([N+](=O)[O-])c[nH]c1=O. The van der Waals surface area contributed by atoms with Gasteiger partial charge in [0.25, 0.3) is 11.2 Å². The fourth-order valence-electron chi connectivity index (χ4n) is 1.31. The van der Waals surface area contributed by atoms with E-state index in [2.05, 4.69) is 0 Å². The first kappa shape index (κ1) is 13.8. The molecule has 9 nitrogen and oxygen atoms in total. The number of aliphatic hydroxyl groups excluding tert-OH is 2. The Morgan fingerprint density at radius 2 is 2.11 bits per heavy atom. The van der Waals surface area contributed by atoms with Crippen LogP contribution in [0.3, 0.4) is 0 Å². The summed E-state index contributed by atoms with van der Waals surface area (Å²) in [7, 11) is 0. The third-order valence-corrected chi connectivity index (χ3v) is 2.19. The predicted octanol–water partition coefficient (Wildman–Crippen LogP) is -0.848. The zero-order valence-electron chi connectivity index (χ0n) is 8.94. The zero-order valence-corrected chi connectivity index (χ0v) is 8.94. The summed E-state index contributed by atoms with van der Waals surface area (Å²) in [6.45, 7) is 0. The number of aliphatic carboxylic acids is 1. The average molecular weight is 258 g/mol. The van der Waals surface area contributed by atoms with Crippen LogP contribution in [0.2, 0.25) is 0 Å². The second-order valence-electron chi connectivity index (χ2n) is 3.51. The normalized spacial score (nSPS) is 13.9. The monoisotopic (exact) mass is 258 g/mol. The summed E-state index contributed by atoms with van der Waals surface area (Å²) in [5.41, 5.74) is -1.78. The van der Waals surface area contributed by atoms with Crippen LogP contribution in [0.5, 0.6) is 0 Å². The van der Waals surface area contributed by atoms with E-state index in [4.69, 9.17) is 5.11 Å². The van der Waals surface area contributed by atoms with Gasteiger partial charge in [-0.3, -0.25) is 19.7 Å². The van der Waals surface area contributed by atoms with Gasteiger partial charge in [-0.25, -0.2) is 0 Å². The van der Waals surface area contributed by atoms with Gasteiger partial charge in [-0.05, 0) is 0 Å². The van der Waals surface area contributed by atoms with Crippen LogP contribution in [0, 0.1) is 10.1 Å². The summed E-state index contributed by atoms with van der Waals surface area (Å²) in [5, 5.41) is 37.8. The van der Waals surface area contributed by atoms with E-state index in [0.717, 1.165) is 12.3 Å². The maximum absolute atomic E-state index is 11.3. The number of nitrogens with zero attached hydrogens (tertiary/aromatic N) is 1. The summed E-state index contributed by atoms with van der Waals surface area (Å²) in [5.74, 6) is -1.37. The molecule has 9 heteroatoms. The predicted molar refractivity (Wildman–Crippen MR) is 56.9 cm³/mol. The van der Waals surface area contributed by atoms with Gasteiger partial charge >= 0.3 is 5.97 Å². The molecule has 1 aromatic heterocycles. The Hall–Kier alpha value is -2.26. The van der Waals surface area contributed by atoms with Gasteiger partial charge in [-0.2, -0.15) is 0 Å². The van der Waals surface area contributed by atoms with E-state index in [1.807, 2.05) is 4.98 Å². The van der Waals surface area contributed by atoms with Crippen LogP contribution in [0.1, 0.15) is 18.1 Å². The van der Waals surface area contributed by atoms with Crippen LogP contribution < -0.4 is 5.56 Å². The van der Waals surface area contributed by atoms with Crippen LogP contribution in [-0.4, -0.2) is 37.3 Å². The lowest BCUT2D eigenvalue weighted by Crippen LogP contribution is -2.27. The molecular formula is C9H10N2O7. The number of aromatic nitrogens is 1. The number of nitro groups is 1. The van der Waals surface area contributed by atoms with Gasteiger partial charge in [-0.15, -0.1) is 0 Å². The van der Waals surface area contributed by atoms with Crippen molar-refractivity contribution in [2.45, 2.75) is 18.6 Å². The maximum atomic E-state index is 11.3. The number of hydrogen-bond donors (Lipinski definition) is 4. The van der Waals surface area contributed by atoms with Crippen molar-refractivity contribution in [2.75, 3.05) is 0 Å². The molecule has 0 saturated heterocycles. The van der Waals surface area contributed by atoms with Crippen molar-refractivity contribution in [3.63, 3.8) is 0 Å². The van der Waals surface area contributed by atoms with Gasteiger partial charge in [0.1, 0.15) is 6.10 Å². The number of carboxylic acids is 1. The number of carbonyl (C=O) groups is 1. The van der Waals surface area contributed by atoms with Crippen molar-refractivity contribution >= 4 is 11.7 Å². The Balaban J connectivity index is 3.07. The lowest BCUT2D eigenvalue weighted by Gasteiger charge is -2.15. The smallest absolute Gasteiger partial charge is 0.306 e. The van der Waals surface area contributed by atoms with Crippen LogP contribution in [-0.2, 0) is 4.79 Å². The molecule has 2 unspecified atom stereocenters. The van der Waals surface area contributed by atoms with Gasteiger partial charge in [0.15, 0.2) is 0 Å². The minimum atomic E-state index is -1.82. The highest BCUT2D eigenvalue weighted by Gasteiger charge is 2.25. The Labute approximate surface area is 99.5 Å². The van der Waals surface area contributed by atoms with E-state index in [1.165, 1.54) is 0 Å². The molecule has 1 rings (SSSR count). The van der Waals surface area contributed by atoms with E-state index in [0.29, 0.717) is 0 Å². The highest BCUT2D eigenvalue weighted by molar-refractivity contribution is 5.67. The topological polar surface area (TPSA) is 154 Å². The van der Waals surface area contributed by atoms with Crippen molar-refractivity contribution in [1.29, 1.82) is 0 Å². The number of aliphatic hydroxyl groups is 2. The Morgan fingerprint density at radius 3 is 2.61 bits per heavy atom.